The summed E-state index contributed by atoms with van der Waals surface area (Å²) in [4.78, 5) is 21.3. The monoisotopic (exact) mass is 780 g/mol. The minimum Gasteiger partial charge on any atom is -0.490 e. The minimum absolute atomic E-state index is 0.00107. The van der Waals surface area contributed by atoms with E-state index in [-0.39, 0.29) is 34.4 Å². The third-order valence-corrected chi connectivity index (χ3v) is 16.6. The van der Waals surface area contributed by atoms with Gasteiger partial charge in [0.05, 0.1) is 22.0 Å². The van der Waals surface area contributed by atoms with Gasteiger partial charge in [-0.2, -0.15) is 0 Å². The maximum absolute atomic E-state index is 14.6. The predicted molar refractivity (Wildman–Crippen MR) is 217 cm³/mol. The molecule has 0 radical (unpaired) electrons. The summed E-state index contributed by atoms with van der Waals surface area (Å²) in [6, 6.07) is 12.2. The van der Waals surface area contributed by atoms with Gasteiger partial charge in [0.25, 0.3) is 5.91 Å². The standard InChI is InChI=1S/C43H58ClFN4O4S/c1-29-7-5-17-43(52-3,27-47-19-20-48-18-15-35(45)23-36(48)25-47)38-12-9-33(38)24-49-26-42(16-6-8-31-21-34(44)11-13-37(31)42)28-53-40-14-10-32(22-39(40)49)41(50)46-54(4,51)30(29)2/h5,10-11,13-14,17,21-22,29-30,33,35-36,38H,4,6-9,12,15-16,18-20,23-28H2,1-3H3,(H,46,50,51)/b17-5+/t29-,30+,33-,35-,36+,38+,42-,43+,54?/m0/s1. The van der Waals surface area contributed by atoms with Gasteiger partial charge in [-0.1, -0.05) is 36.7 Å². The van der Waals surface area contributed by atoms with Crippen molar-refractivity contribution in [3.05, 3.63) is 70.3 Å². The molecule has 2 aromatic carbocycles. The maximum Gasteiger partial charge on any atom is 0.262 e. The quantitative estimate of drug-likeness (QED) is 0.275. The highest BCUT2D eigenvalue weighted by Crippen LogP contribution is 2.49. The second kappa shape index (κ2) is 15.0. The molecule has 6 aliphatic rings. The summed E-state index contributed by atoms with van der Waals surface area (Å²) in [5.74, 6) is 5.03. The number of benzene rings is 2. The molecule has 2 aromatic rings. The second-order valence-corrected chi connectivity index (χ2v) is 20.3. The lowest BCUT2D eigenvalue weighted by Crippen LogP contribution is -2.62. The van der Waals surface area contributed by atoms with E-state index in [1.807, 2.05) is 32.2 Å². The van der Waals surface area contributed by atoms with Gasteiger partial charge in [0.15, 0.2) is 0 Å². The van der Waals surface area contributed by atoms with Crippen LogP contribution in [0.15, 0.2) is 48.6 Å². The van der Waals surface area contributed by atoms with Crippen LogP contribution in [0.2, 0.25) is 5.02 Å². The van der Waals surface area contributed by atoms with Gasteiger partial charge in [-0.3, -0.25) is 19.3 Å². The molecule has 1 saturated carbocycles. The van der Waals surface area contributed by atoms with E-state index in [4.69, 9.17) is 21.1 Å². The van der Waals surface area contributed by atoms with Gasteiger partial charge in [0.1, 0.15) is 17.5 Å². The fraction of sp³-hybridized carbons (Fsp3) is 0.628. The SMILES string of the molecule is C=S1(=O)NC(=O)c2ccc3c(c2)N(C[C@@H]2CC[C@H]2[C@@](CN2CCN4CC[C@H](F)C[C@@H]4C2)(OC)/C=C/C[C@H](C)[C@H]1C)C[C@@]1(CCCc2cc(Cl)ccc21)CO3. The molecule has 294 valence electrons. The fourth-order valence-electron chi connectivity index (χ4n) is 10.6. The van der Waals surface area contributed by atoms with Crippen LogP contribution in [0.5, 0.6) is 5.75 Å². The lowest BCUT2D eigenvalue weighted by Gasteiger charge is -2.53. The topological polar surface area (TPSA) is 74.4 Å². The van der Waals surface area contributed by atoms with Gasteiger partial charge in [-0.05, 0) is 123 Å². The van der Waals surface area contributed by atoms with E-state index in [0.29, 0.717) is 37.4 Å². The van der Waals surface area contributed by atoms with Crippen molar-refractivity contribution in [2.24, 2.45) is 17.8 Å². The van der Waals surface area contributed by atoms with Crippen molar-refractivity contribution in [2.75, 3.05) is 64.4 Å². The van der Waals surface area contributed by atoms with Crippen molar-refractivity contribution >= 4 is 38.8 Å². The van der Waals surface area contributed by atoms with Crippen molar-refractivity contribution in [2.45, 2.75) is 93.7 Å². The number of hydrogen-bond donors (Lipinski definition) is 1. The van der Waals surface area contributed by atoms with Crippen molar-refractivity contribution in [1.82, 2.24) is 14.5 Å². The number of carbonyl (C=O) groups is 1. The molecule has 1 N–H and O–H groups in total. The van der Waals surface area contributed by atoms with Crippen LogP contribution in [-0.4, -0.2) is 108 Å². The predicted octanol–water partition coefficient (Wildman–Crippen LogP) is 6.69. The number of carbonyl (C=O) groups excluding carboxylic acids is 1. The maximum atomic E-state index is 14.6. The first-order chi connectivity index (χ1) is 25.9. The molecule has 54 heavy (non-hydrogen) atoms. The third-order valence-electron chi connectivity index (χ3n) is 14.2. The number of halogens is 2. The summed E-state index contributed by atoms with van der Waals surface area (Å²) in [7, 11) is -1.12. The van der Waals surface area contributed by atoms with E-state index in [2.05, 4.69) is 56.5 Å². The Kier molecular flexibility index (Phi) is 10.6. The summed E-state index contributed by atoms with van der Waals surface area (Å²) < 4.78 is 45.0. The van der Waals surface area contributed by atoms with Gasteiger partial charge in [0.2, 0.25) is 0 Å². The normalized spacial score (nSPS) is 38.2. The van der Waals surface area contributed by atoms with Crippen molar-refractivity contribution in [3.8, 4) is 5.75 Å². The number of allylic oxidation sites excluding steroid dienone is 1. The number of piperazine rings is 1. The first kappa shape index (κ1) is 38.3. The molecule has 2 bridgehead atoms. The number of ether oxygens (including phenoxy) is 2. The summed E-state index contributed by atoms with van der Waals surface area (Å²) in [5, 5.41) is 0.395. The number of nitrogens with zero attached hydrogens (tertiary/aromatic N) is 3. The van der Waals surface area contributed by atoms with Gasteiger partial charge in [0, 0.05) is 80.2 Å². The summed E-state index contributed by atoms with van der Waals surface area (Å²) in [6.45, 7) is 10.4. The van der Waals surface area contributed by atoms with Crippen molar-refractivity contribution < 1.29 is 22.9 Å². The Bertz CT molecular complexity index is 1880. The van der Waals surface area contributed by atoms with Crippen LogP contribution in [0, 0.1) is 17.8 Å². The molecule has 8 rings (SSSR count). The van der Waals surface area contributed by atoms with Crippen LogP contribution in [0.3, 0.4) is 0 Å². The lowest BCUT2D eigenvalue weighted by atomic mass is 9.63. The Morgan fingerprint density at radius 3 is 2.76 bits per heavy atom. The Balaban J connectivity index is 1.18. The Labute approximate surface area is 326 Å². The van der Waals surface area contributed by atoms with Crippen LogP contribution in [0.25, 0.3) is 0 Å². The highest BCUT2D eigenvalue weighted by molar-refractivity contribution is 7.99. The smallest absolute Gasteiger partial charge is 0.262 e. The van der Waals surface area contributed by atoms with Crippen LogP contribution in [0.4, 0.5) is 10.1 Å². The van der Waals surface area contributed by atoms with E-state index >= 15 is 0 Å². The number of fused-ring (bicyclic) bond motifs is 5. The van der Waals surface area contributed by atoms with Crippen LogP contribution in [-0.2, 0) is 26.3 Å². The van der Waals surface area contributed by atoms with Crippen molar-refractivity contribution in [1.29, 1.82) is 0 Å². The number of anilines is 1. The van der Waals surface area contributed by atoms with E-state index < -0.39 is 21.5 Å². The summed E-state index contributed by atoms with van der Waals surface area (Å²) >= 11 is 6.52. The number of aryl methyl sites for hydroxylation is 1. The number of amides is 1. The molecule has 11 heteroatoms. The largest absolute Gasteiger partial charge is 0.490 e. The summed E-state index contributed by atoms with van der Waals surface area (Å²) in [5.41, 5.74) is 3.13. The van der Waals surface area contributed by atoms with Gasteiger partial charge in [-0.15, -0.1) is 0 Å². The van der Waals surface area contributed by atoms with E-state index in [1.54, 1.807) is 6.07 Å². The molecule has 4 aliphatic heterocycles. The number of methoxy groups -OCH3 is 1. The average molecular weight is 781 g/mol. The average Bonchev–Trinajstić information content (AvgIpc) is 3.28. The number of hydrogen-bond acceptors (Lipinski definition) is 7. The van der Waals surface area contributed by atoms with Gasteiger partial charge < -0.3 is 14.4 Å². The minimum atomic E-state index is -2.98. The summed E-state index contributed by atoms with van der Waals surface area (Å²) in [6.07, 6.45) is 10.9. The third kappa shape index (κ3) is 7.23. The van der Waals surface area contributed by atoms with Crippen LogP contribution < -0.4 is 14.4 Å². The zero-order valence-corrected chi connectivity index (χ0v) is 33.8. The lowest BCUT2D eigenvalue weighted by molar-refractivity contribution is -0.101. The first-order valence-corrected chi connectivity index (χ1v) is 22.4. The molecule has 2 aliphatic carbocycles. The zero-order chi connectivity index (χ0) is 37.8. The van der Waals surface area contributed by atoms with Crippen LogP contribution >= 0.6 is 11.6 Å². The van der Waals surface area contributed by atoms with E-state index in [9.17, 15) is 13.4 Å². The van der Waals surface area contributed by atoms with Gasteiger partial charge >= 0.3 is 0 Å². The highest BCUT2D eigenvalue weighted by Gasteiger charge is 2.50. The van der Waals surface area contributed by atoms with Gasteiger partial charge in [-0.25, -0.2) is 8.60 Å². The van der Waals surface area contributed by atoms with Crippen LogP contribution in [0.1, 0.15) is 80.3 Å². The Morgan fingerprint density at radius 2 is 1.96 bits per heavy atom. The van der Waals surface area contributed by atoms with E-state index in [1.165, 1.54) is 11.1 Å². The molecule has 1 spiro atoms. The number of piperidine rings is 1. The molecule has 0 aromatic heterocycles. The first-order valence-electron chi connectivity index (χ1n) is 20.2. The molecule has 8 nitrogen and oxygen atoms in total. The fourth-order valence-corrected chi connectivity index (χ4v) is 12.3. The number of rotatable bonds is 3. The Hall–Kier alpha value is -2.63. The molecule has 2 saturated heterocycles. The molecule has 3 fully saturated rings. The number of alkyl halides is 1. The molecule has 4 heterocycles. The highest BCUT2D eigenvalue weighted by atomic mass is 35.5. The molecular weight excluding hydrogens is 723 g/mol. The van der Waals surface area contributed by atoms with E-state index in [0.717, 1.165) is 94.4 Å². The molecular formula is C43H58ClFN4O4S. The zero-order valence-electron chi connectivity index (χ0n) is 32.2. The van der Waals surface area contributed by atoms with Crippen molar-refractivity contribution in [3.63, 3.8) is 0 Å². The molecule has 9 atom stereocenters. The second-order valence-electron chi connectivity index (χ2n) is 17.4. The molecule has 1 amide bonds. The number of nitrogens with one attached hydrogen (secondary N) is 1. The Morgan fingerprint density at radius 1 is 1.11 bits per heavy atom. The molecule has 1 unspecified atom stereocenters.